The molecule has 1 aromatic rings. The van der Waals surface area contributed by atoms with Crippen molar-refractivity contribution < 1.29 is 0 Å². The van der Waals surface area contributed by atoms with Crippen LogP contribution in [0.25, 0.3) is 0 Å². The highest BCUT2D eigenvalue weighted by Crippen LogP contribution is 2.27. The van der Waals surface area contributed by atoms with Crippen molar-refractivity contribution in [2.24, 2.45) is 11.8 Å². The molecule has 1 atom stereocenters. The Morgan fingerprint density at radius 2 is 2.50 bits per heavy atom. The molecule has 0 aromatic carbocycles. The van der Waals surface area contributed by atoms with Crippen LogP contribution in [0.2, 0.25) is 0 Å². The van der Waals surface area contributed by atoms with E-state index in [1.165, 1.54) is 24.3 Å². The summed E-state index contributed by atoms with van der Waals surface area (Å²) in [4.78, 5) is 8.06. The van der Waals surface area contributed by atoms with Crippen molar-refractivity contribution in [3.05, 3.63) is 11.1 Å². The molecule has 0 radical (unpaired) electrons. The monoisotopic (exact) mass is 240 g/mol. The fraction of sp³-hybridized carbons (Fsp3) is 0.727. The fourth-order valence-corrected chi connectivity index (χ4v) is 3.20. The summed E-state index contributed by atoms with van der Waals surface area (Å²) in [5, 5.41) is 0.801. The number of nitrogens with one attached hydrogen (secondary N) is 1. The van der Waals surface area contributed by atoms with Gasteiger partial charge in [-0.15, -0.1) is 0 Å². The molecule has 1 aliphatic rings. The minimum atomic E-state index is 0.733. The van der Waals surface area contributed by atoms with E-state index in [1.54, 1.807) is 11.3 Å². The van der Waals surface area contributed by atoms with Crippen molar-refractivity contribution in [1.29, 1.82) is 0 Å². The maximum Gasteiger partial charge on any atom is 0.197 e. The van der Waals surface area contributed by atoms with Crippen LogP contribution in [-0.2, 0) is 6.54 Å². The molecule has 1 aliphatic heterocycles. The maximum atomic E-state index is 5.33. The summed E-state index contributed by atoms with van der Waals surface area (Å²) in [6.07, 6.45) is 4.58. The van der Waals surface area contributed by atoms with Gasteiger partial charge in [0, 0.05) is 23.7 Å². The van der Waals surface area contributed by atoms with E-state index in [4.69, 9.17) is 5.84 Å². The van der Waals surface area contributed by atoms with Crippen LogP contribution in [0, 0.1) is 5.92 Å². The Kier molecular flexibility index (Phi) is 3.78. The van der Waals surface area contributed by atoms with Crippen LogP contribution in [0.5, 0.6) is 0 Å². The van der Waals surface area contributed by atoms with E-state index in [1.807, 2.05) is 6.20 Å². The van der Waals surface area contributed by atoms with Crippen molar-refractivity contribution >= 4 is 16.5 Å². The van der Waals surface area contributed by atoms with E-state index in [0.717, 1.165) is 23.6 Å². The third-order valence-corrected chi connectivity index (χ3v) is 4.13. The lowest BCUT2D eigenvalue weighted by atomic mass is 10.0. The number of rotatable bonds is 4. The number of likely N-dealkylation sites (tertiary alicyclic amines) is 1. The highest BCUT2D eigenvalue weighted by atomic mass is 32.1. The maximum absolute atomic E-state index is 5.33. The van der Waals surface area contributed by atoms with Crippen LogP contribution >= 0.6 is 11.3 Å². The van der Waals surface area contributed by atoms with Gasteiger partial charge in [0.25, 0.3) is 0 Å². The zero-order valence-electron chi connectivity index (χ0n) is 9.94. The van der Waals surface area contributed by atoms with E-state index >= 15 is 0 Å². The molecule has 0 saturated carbocycles. The SMILES string of the molecule is CC(C)C1CCCN1Cc1cnc(NN)s1. The van der Waals surface area contributed by atoms with Gasteiger partial charge in [-0.2, -0.15) is 0 Å². The molecular formula is C11H20N4S. The summed E-state index contributed by atoms with van der Waals surface area (Å²) in [6, 6.07) is 0.733. The Labute approximate surface area is 101 Å². The largest absolute Gasteiger partial charge is 0.300 e. The standard InChI is InChI=1S/C11H20N4S/c1-8(2)10-4-3-5-15(10)7-9-6-13-11(14-12)16-9/h6,8,10H,3-5,7,12H2,1-2H3,(H,13,14). The number of hydrogen-bond donors (Lipinski definition) is 2. The minimum Gasteiger partial charge on any atom is -0.300 e. The molecule has 5 heteroatoms. The van der Waals surface area contributed by atoms with Gasteiger partial charge in [-0.25, -0.2) is 10.8 Å². The molecule has 16 heavy (non-hydrogen) atoms. The number of nitrogens with zero attached hydrogens (tertiary/aromatic N) is 2. The molecule has 4 nitrogen and oxygen atoms in total. The summed E-state index contributed by atoms with van der Waals surface area (Å²) in [6.45, 7) is 6.85. The average Bonchev–Trinajstić information content (AvgIpc) is 2.87. The summed E-state index contributed by atoms with van der Waals surface area (Å²) >= 11 is 1.64. The molecule has 0 bridgehead atoms. The van der Waals surface area contributed by atoms with E-state index in [0.29, 0.717) is 0 Å². The van der Waals surface area contributed by atoms with Crippen LogP contribution in [-0.4, -0.2) is 22.5 Å². The zero-order chi connectivity index (χ0) is 11.5. The second kappa shape index (κ2) is 5.12. The first kappa shape index (κ1) is 11.8. The first-order valence-corrected chi connectivity index (χ1v) is 6.67. The van der Waals surface area contributed by atoms with Crippen LogP contribution in [0.1, 0.15) is 31.6 Å². The lowest BCUT2D eigenvalue weighted by Crippen LogP contribution is -2.32. The third kappa shape index (κ3) is 2.53. The van der Waals surface area contributed by atoms with Crippen molar-refractivity contribution in [2.75, 3.05) is 12.0 Å². The molecule has 2 rings (SSSR count). The van der Waals surface area contributed by atoms with Gasteiger partial charge in [0.1, 0.15) is 0 Å². The number of nitrogens with two attached hydrogens (primary N) is 1. The normalized spacial score (nSPS) is 21.9. The number of aromatic nitrogens is 1. The number of nitrogen functional groups attached to an aromatic ring is 1. The van der Waals surface area contributed by atoms with Gasteiger partial charge in [0.05, 0.1) is 0 Å². The number of anilines is 1. The molecule has 1 aromatic heterocycles. The van der Waals surface area contributed by atoms with Crippen LogP contribution in [0.15, 0.2) is 6.20 Å². The number of hydrogen-bond acceptors (Lipinski definition) is 5. The van der Waals surface area contributed by atoms with Gasteiger partial charge >= 0.3 is 0 Å². The molecule has 1 unspecified atom stereocenters. The zero-order valence-corrected chi connectivity index (χ0v) is 10.8. The van der Waals surface area contributed by atoms with Gasteiger partial charge in [-0.05, 0) is 25.3 Å². The molecule has 1 saturated heterocycles. The topological polar surface area (TPSA) is 54.2 Å². The molecule has 3 N–H and O–H groups in total. The summed E-state index contributed by atoms with van der Waals surface area (Å²) < 4.78 is 0. The van der Waals surface area contributed by atoms with E-state index in [2.05, 4.69) is 29.2 Å². The Bertz CT molecular complexity index is 336. The predicted octanol–water partition coefficient (Wildman–Crippen LogP) is 2.05. The third-order valence-electron chi connectivity index (χ3n) is 3.22. The van der Waals surface area contributed by atoms with Gasteiger partial charge < -0.3 is 0 Å². The summed E-state index contributed by atoms with van der Waals surface area (Å²) in [5.41, 5.74) is 2.60. The minimum absolute atomic E-state index is 0.733. The van der Waals surface area contributed by atoms with Gasteiger partial charge in [0.2, 0.25) is 0 Å². The average molecular weight is 240 g/mol. The molecule has 1 fully saturated rings. The molecule has 90 valence electrons. The van der Waals surface area contributed by atoms with Gasteiger partial charge in [-0.1, -0.05) is 25.2 Å². The van der Waals surface area contributed by atoms with Crippen LogP contribution < -0.4 is 11.3 Å². The Morgan fingerprint density at radius 1 is 1.69 bits per heavy atom. The first-order chi connectivity index (χ1) is 7.70. The van der Waals surface area contributed by atoms with Crippen LogP contribution in [0.3, 0.4) is 0 Å². The fourth-order valence-electron chi connectivity index (χ4n) is 2.45. The van der Waals surface area contributed by atoms with E-state index in [-0.39, 0.29) is 0 Å². The molecule has 0 aliphatic carbocycles. The van der Waals surface area contributed by atoms with Gasteiger partial charge in [-0.3, -0.25) is 10.3 Å². The lowest BCUT2D eigenvalue weighted by Gasteiger charge is -2.26. The molecule has 2 heterocycles. The summed E-state index contributed by atoms with van der Waals surface area (Å²) in [5.74, 6) is 6.07. The quantitative estimate of drug-likeness (QED) is 0.625. The number of hydrazine groups is 1. The van der Waals surface area contributed by atoms with Crippen LogP contribution in [0.4, 0.5) is 5.13 Å². The molecule has 0 amide bonds. The van der Waals surface area contributed by atoms with Crippen molar-refractivity contribution in [3.8, 4) is 0 Å². The number of thiazole rings is 1. The molecule has 0 spiro atoms. The van der Waals surface area contributed by atoms with Crippen molar-refractivity contribution in [1.82, 2.24) is 9.88 Å². The second-order valence-corrected chi connectivity index (χ2v) is 5.82. The second-order valence-electron chi connectivity index (χ2n) is 4.70. The van der Waals surface area contributed by atoms with E-state index in [9.17, 15) is 0 Å². The first-order valence-electron chi connectivity index (χ1n) is 5.86. The summed E-state index contributed by atoms with van der Waals surface area (Å²) in [7, 11) is 0. The highest BCUT2D eigenvalue weighted by molar-refractivity contribution is 7.15. The van der Waals surface area contributed by atoms with Crippen molar-refractivity contribution in [2.45, 2.75) is 39.3 Å². The predicted molar refractivity (Wildman–Crippen MR) is 68.2 cm³/mol. The Hall–Kier alpha value is -0.650. The smallest absolute Gasteiger partial charge is 0.197 e. The lowest BCUT2D eigenvalue weighted by molar-refractivity contribution is 0.200. The van der Waals surface area contributed by atoms with E-state index < -0.39 is 0 Å². The van der Waals surface area contributed by atoms with Crippen molar-refractivity contribution in [3.63, 3.8) is 0 Å². The Morgan fingerprint density at radius 3 is 3.12 bits per heavy atom. The molecular weight excluding hydrogens is 220 g/mol. The van der Waals surface area contributed by atoms with Gasteiger partial charge in [0.15, 0.2) is 5.13 Å². The highest BCUT2D eigenvalue weighted by Gasteiger charge is 2.27. The Balaban J connectivity index is 1.98.